The number of hydrogen-bond donors (Lipinski definition) is 1. The highest BCUT2D eigenvalue weighted by Crippen LogP contribution is 2.52. The van der Waals surface area contributed by atoms with Crippen LogP contribution in [0.4, 0.5) is 18.9 Å². The van der Waals surface area contributed by atoms with Crippen LogP contribution in [0.2, 0.25) is 0 Å². The molecule has 1 N–H and O–H groups in total. The topological polar surface area (TPSA) is 33.7 Å². The summed E-state index contributed by atoms with van der Waals surface area (Å²) in [6.07, 6.45) is -3.65. The molecule has 3 aliphatic heterocycles. The van der Waals surface area contributed by atoms with E-state index in [4.69, 9.17) is 9.47 Å². The van der Waals surface area contributed by atoms with Crippen molar-refractivity contribution in [3.05, 3.63) is 41.5 Å². The number of rotatable bonds is 3. The third kappa shape index (κ3) is 3.20. The molecule has 1 saturated heterocycles. The summed E-state index contributed by atoms with van der Waals surface area (Å²) < 4.78 is 53.3. The predicted molar refractivity (Wildman–Crippen MR) is 110 cm³/mol. The molecule has 3 heterocycles. The van der Waals surface area contributed by atoms with E-state index in [0.29, 0.717) is 24.0 Å². The Morgan fingerprint density at radius 2 is 2.03 bits per heavy atom. The van der Waals surface area contributed by atoms with Crippen molar-refractivity contribution in [2.24, 2.45) is 0 Å². The summed E-state index contributed by atoms with van der Waals surface area (Å²) in [7, 11) is 0. The number of benzene rings is 2. The Bertz CT molecular complexity index is 974. The van der Waals surface area contributed by atoms with E-state index in [0.717, 1.165) is 43.4 Å². The van der Waals surface area contributed by atoms with E-state index in [1.54, 1.807) is 26.0 Å². The van der Waals surface area contributed by atoms with Crippen molar-refractivity contribution >= 4 is 5.69 Å². The Hall–Kier alpha value is -2.41. The molecule has 5 rings (SSSR count). The monoisotopic (exact) mass is 418 g/mol. The number of hydrogen-bond acceptors (Lipinski definition) is 4. The van der Waals surface area contributed by atoms with Crippen LogP contribution in [-0.2, 0) is 6.18 Å². The second kappa shape index (κ2) is 7.08. The molecular formula is C23H25F3N2O2. The average Bonchev–Trinajstić information content (AvgIpc) is 3.03. The SMILES string of the molecule is CC(C)Oc1ccc(-c2cc3c4c(c2)[C@@H]2CNCC[C@@H]2N4CCO3)c(C(F)(F)F)c1. The number of alkyl halides is 3. The number of ether oxygens (including phenoxy) is 2. The molecular weight excluding hydrogens is 393 g/mol. The highest BCUT2D eigenvalue weighted by Gasteiger charge is 2.43. The fourth-order valence-electron chi connectivity index (χ4n) is 5.07. The molecule has 1 fully saturated rings. The van der Waals surface area contributed by atoms with Crippen LogP contribution in [0.15, 0.2) is 30.3 Å². The van der Waals surface area contributed by atoms with E-state index in [1.165, 1.54) is 6.07 Å². The third-order valence-corrected chi connectivity index (χ3v) is 6.21. The molecule has 30 heavy (non-hydrogen) atoms. The van der Waals surface area contributed by atoms with Gasteiger partial charge in [-0.05, 0) is 67.8 Å². The molecule has 2 atom stereocenters. The maximum atomic E-state index is 13.9. The fourth-order valence-corrected chi connectivity index (χ4v) is 5.07. The van der Waals surface area contributed by atoms with Gasteiger partial charge >= 0.3 is 6.18 Å². The Kier molecular flexibility index (Phi) is 4.61. The summed E-state index contributed by atoms with van der Waals surface area (Å²) >= 11 is 0. The minimum atomic E-state index is -4.48. The largest absolute Gasteiger partial charge is 0.491 e. The van der Waals surface area contributed by atoms with Gasteiger partial charge in [-0.3, -0.25) is 0 Å². The number of fused-ring (bicyclic) bond motifs is 3. The molecule has 2 aromatic carbocycles. The Labute approximate surface area is 174 Å². The van der Waals surface area contributed by atoms with Crippen molar-refractivity contribution in [3.63, 3.8) is 0 Å². The van der Waals surface area contributed by atoms with E-state index in [2.05, 4.69) is 10.2 Å². The summed E-state index contributed by atoms with van der Waals surface area (Å²) in [4.78, 5) is 2.40. The van der Waals surface area contributed by atoms with Crippen molar-refractivity contribution in [2.75, 3.05) is 31.1 Å². The highest BCUT2D eigenvalue weighted by atomic mass is 19.4. The van der Waals surface area contributed by atoms with Crippen LogP contribution in [-0.4, -0.2) is 38.4 Å². The summed E-state index contributed by atoms with van der Waals surface area (Å²) in [6.45, 7) is 6.78. The number of nitrogens with one attached hydrogen (secondary N) is 1. The van der Waals surface area contributed by atoms with Gasteiger partial charge in [0.25, 0.3) is 0 Å². The fraction of sp³-hybridized carbons (Fsp3) is 0.478. The molecule has 2 aromatic rings. The van der Waals surface area contributed by atoms with Crippen LogP contribution < -0.4 is 19.7 Å². The van der Waals surface area contributed by atoms with Gasteiger partial charge in [0, 0.05) is 18.5 Å². The van der Waals surface area contributed by atoms with E-state index in [1.807, 2.05) is 6.07 Å². The van der Waals surface area contributed by atoms with Gasteiger partial charge in [0.15, 0.2) is 0 Å². The molecule has 0 spiro atoms. The first-order chi connectivity index (χ1) is 14.3. The smallest absolute Gasteiger partial charge is 0.417 e. The van der Waals surface area contributed by atoms with Crippen molar-refractivity contribution in [1.82, 2.24) is 5.32 Å². The minimum Gasteiger partial charge on any atom is -0.491 e. The standard InChI is InChI=1S/C23H25F3N2O2/c1-13(2)30-15-3-4-16(19(11-15)23(24,25)26)14-9-17-18-12-27-6-5-20(18)28-7-8-29-21(10-14)22(17)28/h3-4,9-11,13,18,20,27H,5-8,12H2,1-2H3/t18-,20-/m0/s1. The van der Waals surface area contributed by atoms with Crippen molar-refractivity contribution in [2.45, 2.75) is 44.5 Å². The third-order valence-electron chi connectivity index (χ3n) is 6.21. The molecule has 7 heteroatoms. The van der Waals surface area contributed by atoms with E-state index < -0.39 is 11.7 Å². The van der Waals surface area contributed by atoms with E-state index in [9.17, 15) is 13.2 Å². The number of anilines is 1. The molecule has 0 saturated carbocycles. The summed E-state index contributed by atoms with van der Waals surface area (Å²) in [5.74, 6) is 1.19. The Balaban J connectivity index is 1.64. The van der Waals surface area contributed by atoms with Gasteiger partial charge in [-0.2, -0.15) is 13.2 Å². The Morgan fingerprint density at radius 3 is 2.80 bits per heavy atom. The lowest BCUT2D eigenvalue weighted by atomic mass is 9.88. The van der Waals surface area contributed by atoms with Gasteiger partial charge in [-0.15, -0.1) is 0 Å². The highest BCUT2D eigenvalue weighted by molar-refractivity contribution is 5.80. The van der Waals surface area contributed by atoms with Gasteiger partial charge in [0.05, 0.1) is 23.9 Å². The van der Waals surface area contributed by atoms with Crippen molar-refractivity contribution < 1.29 is 22.6 Å². The van der Waals surface area contributed by atoms with Crippen LogP contribution in [0, 0.1) is 0 Å². The van der Waals surface area contributed by atoms with Gasteiger partial charge in [0.1, 0.15) is 18.1 Å². The zero-order valence-corrected chi connectivity index (χ0v) is 17.1. The summed E-state index contributed by atoms with van der Waals surface area (Å²) in [5.41, 5.74) is 2.18. The van der Waals surface area contributed by atoms with Crippen molar-refractivity contribution in [1.29, 1.82) is 0 Å². The van der Waals surface area contributed by atoms with Crippen LogP contribution in [0.3, 0.4) is 0 Å². The van der Waals surface area contributed by atoms with Crippen molar-refractivity contribution in [3.8, 4) is 22.6 Å². The molecule has 160 valence electrons. The quantitative estimate of drug-likeness (QED) is 0.775. The molecule has 4 nitrogen and oxygen atoms in total. The van der Waals surface area contributed by atoms with Gasteiger partial charge in [0.2, 0.25) is 0 Å². The molecule has 0 bridgehead atoms. The van der Waals surface area contributed by atoms with E-state index in [-0.39, 0.29) is 23.3 Å². The summed E-state index contributed by atoms with van der Waals surface area (Å²) in [5, 5.41) is 3.44. The van der Waals surface area contributed by atoms with Crippen LogP contribution >= 0.6 is 0 Å². The number of halogens is 3. The lowest BCUT2D eigenvalue weighted by Gasteiger charge is -2.36. The molecule has 3 aliphatic rings. The molecule has 0 unspecified atom stereocenters. The predicted octanol–water partition coefficient (Wildman–Crippen LogP) is 4.82. The first-order valence-corrected chi connectivity index (χ1v) is 10.5. The molecule has 0 radical (unpaired) electrons. The van der Waals surface area contributed by atoms with E-state index >= 15 is 0 Å². The summed E-state index contributed by atoms with van der Waals surface area (Å²) in [6, 6.07) is 8.33. The second-order valence-corrected chi connectivity index (χ2v) is 8.49. The van der Waals surface area contributed by atoms with Gasteiger partial charge < -0.3 is 19.7 Å². The normalized spacial score (nSPS) is 22.5. The molecule has 0 aliphatic carbocycles. The first kappa shape index (κ1) is 19.5. The maximum absolute atomic E-state index is 13.9. The Morgan fingerprint density at radius 1 is 1.20 bits per heavy atom. The van der Waals surface area contributed by atoms with Crippen LogP contribution in [0.25, 0.3) is 11.1 Å². The van der Waals surface area contributed by atoms with Crippen LogP contribution in [0.5, 0.6) is 11.5 Å². The lowest BCUT2D eigenvalue weighted by Crippen LogP contribution is -2.46. The second-order valence-electron chi connectivity index (χ2n) is 8.49. The number of piperidine rings is 1. The van der Waals surface area contributed by atoms with Gasteiger partial charge in [-0.25, -0.2) is 0 Å². The zero-order valence-electron chi connectivity index (χ0n) is 17.1. The minimum absolute atomic E-state index is 0.158. The first-order valence-electron chi connectivity index (χ1n) is 10.5. The zero-order chi connectivity index (χ0) is 21.0. The molecule has 0 aromatic heterocycles. The lowest BCUT2D eigenvalue weighted by molar-refractivity contribution is -0.137. The maximum Gasteiger partial charge on any atom is 0.417 e. The van der Waals surface area contributed by atoms with Gasteiger partial charge in [-0.1, -0.05) is 6.07 Å². The molecule has 0 amide bonds. The number of nitrogens with zero attached hydrogens (tertiary/aromatic N) is 1. The average molecular weight is 418 g/mol. The van der Waals surface area contributed by atoms with Crippen LogP contribution in [0.1, 0.15) is 37.3 Å².